The molecule has 0 heterocycles. The molecule has 0 aliphatic heterocycles. The molecule has 0 spiro atoms. The third-order valence-corrected chi connectivity index (χ3v) is 17.1. The molecule has 79 heavy (non-hydrogen) atoms. The molecule has 6 nitrogen and oxygen atoms in total. The third-order valence-electron chi connectivity index (χ3n) is 17.1. The molecule has 0 saturated heterocycles. The Bertz CT molecular complexity index is 1190. The Hall–Kier alpha value is -1.59. The van der Waals surface area contributed by atoms with Crippen molar-refractivity contribution in [3.8, 4) is 0 Å². The van der Waals surface area contributed by atoms with Gasteiger partial charge in [0.25, 0.3) is 0 Å². The van der Waals surface area contributed by atoms with E-state index in [2.05, 4.69) is 20.8 Å². The van der Waals surface area contributed by atoms with E-state index in [9.17, 15) is 14.4 Å². The first-order valence-electron chi connectivity index (χ1n) is 36.5. The monoisotopic (exact) mass is 1120 g/mol. The molecule has 0 amide bonds. The van der Waals surface area contributed by atoms with Crippen LogP contribution < -0.4 is 0 Å². The second-order valence-electron chi connectivity index (χ2n) is 25.2. The molecule has 6 heteroatoms. The van der Waals surface area contributed by atoms with Crippen molar-refractivity contribution >= 4 is 17.9 Å². The highest BCUT2D eigenvalue weighted by molar-refractivity contribution is 5.71. The van der Waals surface area contributed by atoms with Crippen LogP contribution in [0.2, 0.25) is 0 Å². The van der Waals surface area contributed by atoms with Crippen LogP contribution >= 0.6 is 0 Å². The minimum absolute atomic E-state index is 0.0612. The van der Waals surface area contributed by atoms with Crippen molar-refractivity contribution in [1.29, 1.82) is 0 Å². The van der Waals surface area contributed by atoms with E-state index in [0.717, 1.165) is 57.8 Å². The van der Waals surface area contributed by atoms with Gasteiger partial charge in [0.15, 0.2) is 6.10 Å². The van der Waals surface area contributed by atoms with E-state index in [1.54, 1.807) is 0 Å². The first kappa shape index (κ1) is 77.4. The van der Waals surface area contributed by atoms with Crippen molar-refractivity contribution in [2.45, 2.75) is 438 Å². The lowest BCUT2D eigenvalue weighted by Crippen LogP contribution is -2.30. The summed E-state index contributed by atoms with van der Waals surface area (Å²) >= 11 is 0. The molecule has 0 N–H and O–H groups in total. The van der Waals surface area contributed by atoms with Crippen LogP contribution in [0.1, 0.15) is 432 Å². The fraction of sp³-hybridized carbons (Fsp3) is 0.959. The number of hydrogen-bond donors (Lipinski definition) is 0. The van der Waals surface area contributed by atoms with Gasteiger partial charge < -0.3 is 14.2 Å². The standard InChI is InChI=1S/C73H142O6/c1-4-7-10-13-16-18-20-22-24-26-28-30-32-33-34-35-36-37-38-39-40-41-43-44-46-48-50-52-54-57-60-63-66-72(75)78-69-70(68-77-71(74)65-62-59-56-15-12-9-6-3)79-73(76)67-64-61-58-55-53-51-49-47-45-42-31-29-27-25-23-21-19-17-14-11-8-5-2/h70H,4-69H2,1-3H3. The molecule has 0 aliphatic carbocycles. The van der Waals surface area contributed by atoms with Gasteiger partial charge in [-0.2, -0.15) is 0 Å². The van der Waals surface area contributed by atoms with Gasteiger partial charge in [0.05, 0.1) is 0 Å². The van der Waals surface area contributed by atoms with E-state index >= 15 is 0 Å². The fourth-order valence-electron chi connectivity index (χ4n) is 11.6. The first-order chi connectivity index (χ1) is 39.0. The molecule has 0 bridgehead atoms. The topological polar surface area (TPSA) is 78.9 Å². The molecule has 1 atom stereocenters. The lowest BCUT2D eigenvalue weighted by atomic mass is 10.0. The minimum atomic E-state index is -0.762. The quantitative estimate of drug-likeness (QED) is 0.0343. The number of ether oxygens (including phenoxy) is 3. The number of unbranched alkanes of at least 4 members (excludes halogenated alkanes) is 58. The van der Waals surface area contributed by atoms with Crippen LogP contribution in [0, 0.1) is 0 Å². The zero-order valence-corrected chi connectivity index (χ0v) is 54.2. The molecule has 0 aromatic heterocycles. The van der Waals surface area contributed by atoms with Crippen LogP contribution in [-0.4, -0.2) is 37.2 Å². The van der Waals surface area contributed by atoms with E-state index < -0.39 is 6.10 Å². The summed E-state index contributed by atoms with van der Waals surface area (Å²) in [6.45, 7) is 6.69. The Morgan fingerprint density at radius 3 is 0.506 bits per heavy atom. The van der Waals surface area contributed by atoms with Gasteiger partial charge in [-0.3, -0.25) is 14.4 Å². The van der Waals surface area contributed by atoms with Crippen molar-refractivity contribution in [3.05, 3.63) is 0 Å². The average molecular weight is 1120 g/mol. The highest BCUT2D eigenvalue weighted by Crippen LogP contribution is 2.20. The summed E-state index contributed by atoms with van der Waals surface area (Å²) in [5, 5.41) is 0. The maximum atomic E-state index is 12.9. The van der Waals surface area contributed by atoms with Crippen LogP contribution in [0.5, 0.6) is 0 Å². The third kappa shape index (κ3) is 67.1. The summed E-state index contributed by atoms with van der Waals surface area (Å²) in [4.78, 5) is 38.2. The Balaban J connectivity index is 3.94. The summed E-state index contributed by atoms with van der Waals surface area (Å²) in [6.07, 6.45) is 81.9. The molecule has 0 radical (unpaired) electrons. The molecule has 0 saturated carbocycles. The minimum Gasteiger partial charge on any atom is -0.462 e. The van der Waals surface area contributed by atoms with Crippen molar-refractivity contribution in [1.82, 2.24) is 0 Å². The van der Waals surface area contributed by atoms with Gasteiger partial charge in [-0.1, -0.05) is 393 Å². The van der Waals surface area contributed by atoms with E-state index in [1.807, 2.05) is 0 Å². The van der Waals surface area contributed by atoms with Gasteiger partial charge in [0, 0.05) is 19.3 Å². The van der Waals surface area contributed by atoms with E-state index in [1.165, 1.54) is 334 Å². The van der Waals surface area contributed by atoms with Crippen LogP contribution in [0.4, 0.5) is 0 Å². The lowest BCUT2D eigenvalue weighted by Gasteiger charge is -2.18. The van der Waals surface area contributed by atoms with Crippen LogP contribution in [0.3, 0.4) is 0 Å². The molecule has 0 aliphatic rings. The van der Waals surface area contributed by atoms with Gasteiger partial charge in [0.1, 0.15) is 13.2 Å². The van der Waals surface area contributed by atoms with Gasteiger partial charge in [-0.15, -0.1) is 0 Å². The van der Waals surface area contributed by atoms with Crippen molar-refractivity contribution in [2.24, 2.45) is 0 Å². The number of rotatable bonds is 69. The van der Waals surface area contributed by atoms with Crippen LogP contribution in [0.15, 0.2) is 0 Å². The molecule has 0 aromatic rings. The fourth-order valence-corrected chi connectivity index (χ4v) is 11.6. The van der Waals surface area contributed by atoms with Gasteiger partial charge in [-0.25, -0.2) is 0 Å². The first-order valence-corrected chi connectivity index (χ1v) is 36.5. The number of carbonyl (C=O) groups excluding carboxylic acids is 3. The van der Waals surface area contributed by atoms with Crippen LogP contribution in [-0.2, 0) is 28.6 Å². The highest BCUT2D eigenvalue weighted by Gasteiger charge is 2.20. The predicted octanol–water partition coefficient (Wildman–Crippen LogP) is 25.0. The second-order valence-corrected chi connectivity index (χ2v) is 25.2. The molecule has 0 aromatic carbocycles. The lowest BCUT2D eigenvalue weighted by molar-refractivity contribution is -0.167. The predicted molar refractivity (Wildman–Crippen MR) is 344 cm³/mol. The molecule has 0 rings (SSSR count). The van der Waals surface area contributed by atoms with Crippen molar-refractivity contribution < 1.29 is 28.6 Å². The number of carbonyl (C=O) groups is 3. The molecular formula is C73H142O6. The Labute approximate surface area is 495 Å². The normalized spacial score (nSPS) is 11.9. The van der Waals surface area contributed by atoms with E-state index in [0.29, 0.717) is 19.3 Å². The Morgan fingerprint density at radius 1 is 0.203 bits per heavy atom. The second kappa shape index (κ2) is 68.9. The maximum absolute atomic E-state index is 12.9. The number of hydrogen-bond acceptors (Lipinski definition) is 6. The van der Waals surface area contributed by atoms with Crippen molar-refractivity contribution in [3.63, 3.8) is 0 Å². The summed E-state index contributed by atoms with van der Waals surface area (Å²) in [6, 6.07) is 0. The molecular weight excluding hydrogens is 973 g/mol. The van der Waals surface area contributed by atoms with Crippen molar-refractivity contribution in [2.75, 3.05) is 13.2 Å². The maximum Gasteiger partial charge on any atom is 0.306 e. The molecule has 470 valence electrons. The zero-order chi connectivity index (χ0) is 57.1. The summed E-state index contributed by atoms with van der Waals surface area (Å²) in [7, 11) is 0. The van der Waals surface area contributed by atoms with E-state index in [-0.39, 0.29) is 31.1 Å². The smallest absolute Gasteiger partial charge is 0.306 e. The zero-order valence-electron chi connectivity index (χ0n) is 54.2. The van der Waals surface area contributed by atoms with Crippen LogP contribution in [0.25, 0.3) is 0 Å². The molecule has 1 unspecified atom stereocenters. The summed E-state index contributed by atoms with van der Waals surface area (Å²) < 4.78 is 16.9. The van der Waals surface area contributed by atoms with E-state index in [4.69, 9.17) is 14.2 Å². The van der Waals surface area contributed by atoms with Gasteiger partial charge >= 0.3 is 17.9 Å². The van der Waals surface area contributed by atoms with Gasteiger partial charge in [0.2, 0.25) is 0 Å². The largest absolute Gasteiger partial charge is 0.462 e. The number of esters is 3. The Kier molecular flexibility index (Phi) is 67.5. The summed E-state index contributed by atoms with van der Waals surface area (Å²) in [5.41, 5.74) is 0. The van der Waals surface area contributed by atoms with Gasteiger partial charge in [-0.05, 0) is 19.3 Å². The average Bonchev–Trinajstić information content (AvgIpc) is 3.45. The SMILES string of the molecule is CCCCCCCCCCCCCCCCCCCCCCCCCCCCCCCCCCC(=O)OCC(COC(=O)CCCCCCCCC)OC(=O)CCCCCCCCCCCCCCCCCCCCCCCC. The Morgan fingerprint density at radius 2 is 0.342 bits per heavy atom. The highest BCUT2D eigenvalue weighted by atomic mass is 16.6. The summed E-state index contributed by atoms with van der Waals surface area (Å²) in [5.74, 6) is -0.832. The molecule has 0 fully saturated rings.